The van der Waals surface area contributed by atoms with E-state index in [9.17, 15) is 0 Å². The highest BCUT2D eigenvalue weighted by Crippen LogP contribution is 1.91. The molecule has 1 aromatic heterocycles. The standard InChI is InChI=1S/C5H8N4/c1-4(9-6)5-2-7-3-8-5/h2-3H,6H2,1H3,(H,7,8). The van der Waals surface area contributed by atoms with Crippen molar-refractivity contribution in [2.75, 3.05) is 0 Å². The molecule has 1 aromatic rings. The van der Waals surface area contributed by atoms with Crippen LogP contribution in [0.4, 0.5) is 0 Å². The smallest absolute Gasteiger partial charge is 0.0924 e. The lowest BCUT2D eigenvalue weighted by molar-refractivity contribution is 1.22. The molecule has 0 spiro atoms. The van der Waals surface area contributed by atoms with Crippen LogP contribution in [0.15, 0.2) is 17.6 Å². The minimum absolute atomic E-state index is 0.757. The Balaban J connectivity index is 2.90. The molecule has 0 aromatic carbocycles. The number of rotatable bonds is 1. The molecule has 1 heterocycles. The van der Waals surface area contributed by atoms with Gasteiger partial charge >= 0.3 is 0 Å². The largest absolute Gasteiger partial charge is 0.344 e. The lowest BCUT2D eigenvalue weighted by atomic mass is 10.3. The van der Waals surface area contributed by atoms with Gasteiger partial charge in [-0.15, -0.1) is 0 Å². The Kier molecular flexibility index (Phi) is 1.48. The van der Waals surface area contributed by atoms with Gasteiger partial charge in [-0.1, -0.05) is 0 Å². The molecule has 0 aliphatic heterocycles. The first kappa shape index (κ1) is 5.81. The molecule has 9 heavy (non-hydrogen) atoms. The van der Waals surface area contributed by atoms with Crippen LogP contribution in [0.3, 0.4) is 0 Å². The second kappa shape index (κ2) is 2.30. The van der Waals surface area contributed by atoms with Crippen LogP contribution < -0.4 is 5.84 Å². The number of hydrogen-bond donors (Lipinski definition) is 2. The summed E-state index contributed by atoms with van der Waals surface area (Å²) in [6.07, 6.45) is 3.26. The van der Waals surface area contributed by atoms with Gasteiger partial charge in [-0.2, -0.15) is 5.10 Å². The maximum absolute atomic E-state index is 5.00. The van der Waals surface area contributed by atoms with E-state index in [0.29, 0.717) is 0 Å². The number of nitrogens with one attached hydrogen (secondary N) is 1. The SMILES string of the molecule is CC(=NN)c1cnc[nH]1. The van der Waals surface area contributed by atoms with E-state index in [-0.39, 0.29) is 0 Å². The van der Waals surface area contributed by atoms with E-state index in [2.05, 4.69) is 15.1 Å². The lowest BCUT2D eigenvalue weighted by Gasteiger charge is -1.88. The van der Waals surface area contributed by atoms with E-state index in [0.717, 1.165) is 11.4 Å². The fourth-order valence-electron chi connectivity index (χ4n) is 0.523. The highest BCUT2D eigenvalue weighted by atomic mass is 15.1. The summed E-state index contributed by atoms with van der Waals surface area (Å²) in [6.45, 7) is 1.81. The maximum atomic E-state index is 5.00. The fourth-order valence-corrected chi connectivity index (χ4v) is 0.523. The van der Waals surface area contributed by atoms with Gasteiger partial charge in [-0.25, -0.2) is 4.98 Å². The molecule has 0 aliphatic rings. The first-order valence-corrected chi connectivity index (χ1v) is 2.58. The summed E-state index contributed by atoms with van der Waals surface area (Å²) in [6, 6.07) is 0. The number of aromatic amines is 1. The molecule has 0 amide bonds. The van der Waals surface area contributed by atoms with E-state index >= 15 is 0 Å². The first-order valence-electron chi connectivity index (χ1n) is 2.58. The number of nitrogens with zero attached hydrogens (tertiary/aromatic N) is 2. The maximum Gasteiger partial charge on any atom is 0.0924 e. The zero-order chi connectivity index (χ0) is 6.69. The van der Waals surface area contributed by atoms with Crippen LogP contribution in [0.25, 0.3) is 0 Å². The van der Waals surface area contributed by atoms with Crippen LogP contribution in [0, 0.1) is 0 Å². The molecule has 0 radical (unpaired) electrons. The Morgan fingerprint density at radius 3 is 3.11 bits per heavy atom. The van der Waals surface area contributed by atoms with Gasteiger partial charge in [0.25, 0.3) is 0 Å². The monoisotopic (exact) mass is 124 g/mol. The minimum atomic E-state index is 0.757. The van der Waals surface area contributed by atoms with Gasteiger partial charge in [-0.05, 0) is 6.92 Å². The molecule has 0 atom stereocenters. The van der Waals surface area contributed by atoms with Crippen molar-refractivity contribution in [2.45, 2.75) is 6.92 Å². The number of hydrogen-bond acceptors (Lipinski definition) is 3. The average molecular weight is 124 g/mol. The lowest BCUT2D eigenvalue weighted by Crippen LogP contribution is -1.97. The highest BCUT2D eigenvalue weighted by Gasteiger charge is 1.94. The summed E-state index contributed by atoms with van der Waals surface area (Å²) in [7, 11) is 0. The molecular formula is C5H8N4. The molecule has 48 valence electrons. The number of hydrazone groups is 1. The Morgan fingerprint density at radius 2 is 2.67 bits per heavy atom. The summed E-state index contributed by atoms with van der Waals surface area (Å²) in [5, 5.41) is 3.48. The van der Waals surface area contributed by atoms with Crippen LogP contribution in [0.2, 0.25) is 0 Å². The summed E-state index contributed by atoms with van der Waals surface area (Å²) in [4.78, 5) is 6.67. The molecule has 0 saturated heterocycles. The normalized spacial score (nSPS) is 11.9. The van der Waals surface area contributed by atoms with Crippen LogP contribution >= 0.6 is 0 Å². The third-order valence-electron chi connectivity index (χ3n) is 1.08. The summed E-state index contributed by atoms with van der Waals surface area (Å²) in [5.41, 5.74) is 1.62. The van der Waals surface area contributed by atoms with Crippen LogP contribution in [-0.4, -0.2) is 15.7 Å². The van der Waals surface area contributed by atoms with Crippen molar-refractivity contribution in [2.24, 2.45) is 10.9 Å². The molecule has 0 bridgehead atoms. The molecule has 0 saturated carbocycles. The number of nitrogens with two attached hydrogens (primary N) is 1. The Hall–Kier alpha value is -1.32. The highest BCUT2D eigenvalue weighted by molar-refractivity contribution is 5.96. The topological polar surface area (TPSA) is 67.1 Å². The van der Waals surface area contributed by atoms with E-state index in [1.807, 2.05) is 6.92 Å². The van der Waals surface area contributed by atoms with E-state index < -0.39 is 0 Å². The van der Waals surface area contributed by atoms with Crippen molar-refractivity contribution >= 4 is 5.71 Å². The van der Waals surface area contributed by atoms with Crippen molar-refractivity contribution in [3.63, 3.8) is 0 Å². The number of H-pyrrole nitrogens is 1. The van der Waals surface area contributed by atoms with Crippen LogP contribution in [0.1, 0.15) is 12.6 Å². The summed E-state index contributed by atoms with van der Waals surface area (Å²) in [5.74, 6) is 5.00. The van der Waals surface area contributed by atoms with E-state index in [1.165, 1.54) is 0 Å². The minimum Gasteiger partial charge on any atom is -0.344 e. The van der Waals surface area contributed by atoms with Crippen molar-refractivity contribution < 1.29 is 0 Å². The van der Waals surface area contributed by atoms with Gasteiger partial charge in [0, 0.05) is 0 Å². The molecule has 0 fully saturated rings. The molecule has 1 rings (SSSR count). The first-order chi connectivity index (χ1) is 4.34. The van der Waals surface area contributed by atoms with E-state index in [1.54, 1.807) is 12.5 Å². The number of aromatic nitrogens is 2. The molecule has 0 unspecified atom stereocenters. The Morgan fingerprint density at radius 1 is 1.89 bits per heavy atom. The zero-order valence-electron chi connectivity index (χ0n) is 5.13. The van der Waals surface area contributed by atoms with Gasteiger partial charge in [0.15, 0.2) is 0 Å². The van der Waals surface area contributed by atoms with Crippen molar-refractivity contribution in [3.05, 3.63) is 18.2 Å². The quantitative estimate of drug-likeness (QED) is 0.316. The van der Waals surface area contributed by atoms with Gasteiger partial charge < -0.3 is 10.8 Å². The fraction of sp³-hybridized carbons (Fsp3) is 0.200. The average Bonchev–Trinajstić information content (AvgIpc) is 2.37. The Labute approximate surface area is 52.8 Å². The molecule has 4 heteroatoms. The van der Waals surface area contributed by atoms with Crippen molar-refractivity contribution in [3.8, 4) is 0 Å². The van der Waals surface area contributed by atoms with Gasteiger partial charge in [-0.3, -0.25) is 0 Å². The third kappa shape index (κ3) is 1.07. The van der Waals surface area contributed by atoms with Crippen molar-refractivity contribution in [1.82, 2.24) is 9.97 Å². The van der Waals surface area contributed by atoms with Crippen LogP contribution in [0.5, 0.6) is 0 Å². The van der Waals surface area contributed by atoms with Gasteiger partial charge in [0.1, 0.15) is 0 Å². The predicted octanol–water partition coefficient (Wildman–Crippen LogP) is 0.0924. The van der Waals surface area contributed by atoms with E-state index in [4.69, 9.17) is 5.84 Å². The Bertz CT molecular complexity index is 199. The molecule has 4 nitrogen and oxygen atoms in total. The van der Waals surface area contributed by atoms with Gasteiger partial charge in [0.2, 0.25) is 0 Å². The van der Waals surface area contributed by atoms with Crippen LogP contribution in [-0.2, 0) is 0 Å². The molecule has 3 N–H and O–H groups in total. The molecule has 0 aliphatic carbocycles. The summed E-state index contributed by atoms with van der Waals surface area (Å²) >= 11 is 0. The zero-order valence-corrected chi connectivity index (χ0v) is 5.13. The second-order valence-electron chi connectivity index (χ2n) is 1.68. The summed E-state index contributed by atoms with van der Waals surface area (Å²) < 4.78 is 0. The predicted molar refractivity (Wildman–Crippen MR) is 35.0 cm³/mol. The third-order valence-corrected chi connectivity index (χ3v) is 1.08. The molecular weight excluding hydrogens is 116 g/mol. The number of imidazole rings is 1. The second-order valence-corrected chi connectivity index (χ2v) is 1.68. The van der Waals surface area contributed by atoms with Crippen molar-refractivity contribution in [1.29, 1.82) is 0 Å². The van der Waals surface area contributed by atoms with Gasteiger partial charge in [0.05, 0.1) is 23.9 Å².